The second kappa shape index (κ2) is 5.60. The van der Waals surface area contributed by atoms with Crippen molar-refractivity contribution in [2.24, 2.45) is 23.2 Å². The highest BCUT2D eigenvalue weighted by Gasteiger charge is 2.81. The minimum Gasteiger partial charge on any atom is -0.508 e. The topological polar surface area (TPSA) is 40.5 Å². The minimum absolute atomic E-state index is 0.0268. The highest BCUT2D eigenvalue weighted by Crippen LogP contribution is 2.77. The fourth-order valence-corrected chi connectivity index (χ4v) is 5.04. The van der Waals surface area contributed by atoms with Gasteiger partial charge < -0.3 is 10.2 Å². The summed E-state index contributed by atoms with van der Waals surface area (Å²) in [7, 11) is 0. The van der Waals surface area contributed by atoms with Crippen LogP contribution in [-0.2, 0) is 6.42 Å². The number of benzene rings is 1. The minimum atomic E-state index is -2.72. The Hall–Kier alpha value is -1.32. The van der Waals surface area contributed by atoms with Gasteiger partial charge in [-0.25, -0.2) is 8.78 Å². The molecule has 4 unspecified atom stereocenters. The molecular weight excluding hydrogens is 310 g/mol. The summed E-state index contributed by atoms with van der Waals surface area (Å²) in [5.74, 6) is -3.78. The van der Waals surface area contributed by atoms with E-state index in [2.05, 4.69) is 0 Å². The SMILES string of the molecule is CCCc1cc(O)c(C2C(C(C)C)CCC3(C)C2C3(F)F)c(O)c1. The third-order valence-corrected chi connectivity index (χ3v) is 6.50. The van der Waals surface area contributed by atoms with Crippen LogP contribution in [0.2, 0.25) is 0 Å². The Balaban J connectivity index is 2.08. The van der Waals surface area contributed by atoms with E-state index in [0.717, 1.165) is 18.4 Å². The monoisotopic (exact) mass is 338 g/mol. The number of alkyl halides is 2. The largest absolute Gasteiger partial charge is 0.508 e. The first kappa shape index (κ1) is 17.5. The first-order valence-electron chi connectivity index (χ1n) is 9.07. The van der Waals surface area contributed by atoms with Gasteiger partial charge in [-0.3, -0.25) is 0 Å². The Morgan fingerprint density at radius 2 is 1.79 bits per heavy atom. The molecule has 0 heterocycles. The maximum atomic E-state index is 14.6. The molecular formula is C20H28F2O2. The molecule has 24 heavy (non-hydrogen) atoms. The van der Waals surface area contributed by atoms with E-state index >= 15 is 0 Å². The molecule has 2 aliphatic carbocycles. The standard InChI is InChI=1S/C20H28F2O2/c1-5-6-12-9-14(23)17(15(24)10-12)16-13(11(2)3)7-8-19(4)18(16)20(19,21)22/h9-11,13,16,18,23-24H,5-8H2,1-4H3. The number of aryl methyl sites for hydroxylation is 1. The normalized spacial score (nSPS) is 34.2. The van der Waals surface area contributed by atoms with Gasteiger partial charge in [-0.15, -0.1) is 0 Å². The van der Waals surface area contributed by atoms with E-state index in [0.29, 0.717) is 18.4 Å². The molecule has 2 N–H and O–H groups in total. The van der Waals surface area contributed by atoms with Gasteiger partial charge in [0.05, 0.1) is 0 Å². The van der Waals surface area contributed by atoms with Gasteiger partial charge in [-0.05, 0) is 48.8 Å². The lowest BCUT2D eigenvalue weighted by atomic mass is 9.67. The van der Waals surface area contributed by atoms with Crippen LogP contribution < -0.4 is 0 Å². The molecule has 2 aliphatic rings. The quantitative estimate of drug-likeness (QED) is 0.764. The summed E-state index contributed by atoms with van der Waals surface area (Å²) >= 11 is 0. The average Bonchev–Trinajstić information content (AvgIpc) is 2.92. The fraction of sp³-hybridized carbons (Fsp3) is 0.700. The molecule has 2 nitrogen and oxygen atoms in total. The third-order valence-electron chi connectivity index (χ3n) is 6.50. The number of hydrogen-bond acceptors (Lipinski definition) is 2. The lowest BCUT2D eigenvalue weighted by molar-refractivity contribution is 0.0610. The zero-order valence-corrected chi connectivity index (χ0v) is 14.9. The van der Waals surface area contributed by atoms with Crippen LogP contribution in [0.5, 0.6) is 11.5 Å². The lowest BCUT2D eigenvalue weighted by Crippen LogP contribution is -2.27. The van der Waals surface area contributed by atoms with Crippen molar-refractivity contribution in [3.8, 4) is 11.5 Å². The molecule has 0 aromatic heterocycles. The molecule has 0 saturated heterocycles. The number of aromatic hydroxyl groups is 2. The van der Waals surface area contributed by atoms with Crippen LogP contribution in [-0.4, -0.2) is 16.1 Å². The van der Waals surface area contributed by atoms with Gasteiger partial charge in [0.2, 0.25) is 0 Å². The highest BCUT2D eigenvalue weighted by atomic mass is 19.3. The van der Waals surface area contributed by atoms with Crippen LogP contribution in [0.25, 0.3) is 0 Å². The smallest absolute Gasteiger partial charge is 0.257 e. The van der Waals surface area contributed by atoms with Crippen molar-refractivity contribution in [1.29, 1.82) is 0 Å². The molecule has 3 rings (SSSR count). The molecule has 2 fully saturated rings. The van der Waals surface area contributed by atoms with Crippen LogP contribution in [0, 0.1) is 23.2 Å². The summed E-state index contributed by atoms with van der Waals surface area (Å²) in [4.78, 5) is 0. The predicted molar refractivity (Wildman–Crippen MR) is 90.6 cm³/mol. The van der Waals surface area contributed by atoms with Crippen LogP contribution in [0.3, 0.4) is 0 Å². The molecule has 0 spiro atoms. The first-order chi connectivity index (χ1) is 11.1. The van der Waals surface area contributed by atoms with Gasteiger partial charge >= 0.3 is 0 Å². The molecule has 2 saturated carbocycles. The van der Waals surface area contributed by atoms with E-state index < -0.39 is 23.2 Å². The Kier molecular flexibility index (Phi) is 4.09. The molecule has 1 aromatic rings. The molecule has 0 radical (unpaired) electrons. The summed E-state index contributed by atoms with van der Waals surface area (Å²) < 4.78 is 29.1. The van der Waals surface area contributed by atoms with Gasteiger partial charge in [-0.1, -0.05) is 34.1 Å². The molecule has 0 amide bonds. The van der Waals surface area contributed by atoms with E-state index in [4.69, 9.17) is 0 Å². The zero-order chi connectivity index (χ0) is 17.9. The van der Waals surface area contributed by atoms with E-state index in [9.17, 15) is 19.0 Å². The second-order valence-electron chi connectivity index (χ2n) is 8.29. The van der Waals surface area contributed by atoms with Gasteiger partial charge in [0.25, 0.3) is 5.92 Å². The van der Waals surface area contributed by atoms with Crippen LogP contribution in [0.4, 0.5) is 8.78 Å². The van der Waals surface area contributed by atoms with Crippen molar-refractivity contribution in [1.82, 2.24) is 0 Å². The molecule has 0 aliphatic heterocycles. The van der Waals surface area contributed by atoms with Crippen LogP contribution in [0.15, 0.2) is 12.1 Å². The zero-order valence-electron chi connectivity index (χ0n) is 14.9. The molecule has 4 atom stereocenters. The second-order valence-corrected chi connectivity index (χ2v) is 8.29. The van der Waals surface area contributed by atoms with Crippen molar-refractivity contribution in [2.45, 2.75) is 65.2 Å². The number of rotatable bonds is 4. The molecule has 134 valence electrons. The molecule has 0 bridgehead atoms. The molecule has 4 heteroatoms. The van der Waals surface area contributed by atoms with Gasteiger partial charge in [-0.2, -0.15) is 0 Å². The lowest BCUT2D eigenvalue weighted by Gasteiger charge is -2.36. The Bertz CT molecular complexity index is 618. The summed E-state index contributed by atoms with van der Waals surface area (Å²) in [6.07, 6.45) is 2.87. The van der Waals surface area contributed by atoms with Crippen molar-refractivity contribution < 1.29 is 19.0 Å². The van der Waals surface area contributed by atoms with Crippen molar-refractivity contribution in [3.63, 3.8) is 0 Å². The Morgan fingerprint density at radius 3 is 2.29 bits per heavy atom. The fourth-order valence-electron chi connectivity index (χ4n) is 5.04. The first-order valence-corrected chi connectivity index (χ1v) is 9.07. The Labute approximate surface area is 142 Å². The van der Waals surface area contributed by atoms with E-state index in [1.54, 1.807) is 19.1 Å². The van der Waals surface area contributed by atoms with Crippen molar-refractivity contribution in [3.05, 3.63) is 23.3 Å². The number of hydrogen-bond donors (Lipinski definition) is 2. The average molecular weight is 338 g/mol. The number of phenolic OH excluding ortho intramolecular Hbond substituents is 2. The number of halogens is 2. The number of fused-ring (bicyclic) bond motifs is 1. The highest BCUT2D eigenvalue weighted by molar-refractivity contribution is 5.51. The third kappa shape index (κ3) is 2.33. The summed E-state index contributed by atoms with van der Waals surface area (Å²) in [6.45, 7) is 7.76. The van der Waals surface area contributed by atoms with Crippen LogP contribution >= 0.6 is 0 Å². The summed E-state index contributed by atoms with van der Waals surface area (Å²) in [6, 6.07) is 3.28. The predicted octanol–water partition coefficient (Wildman–Crippen LogP) is 5.47. The molecule has 1 aromatic carbocycles. The van der Waals surface area contributed by atoms with Crippen molar-refractivity contribution >= 4 is 0 Å². The maximum absolute atomic E-state index is 14.6. The Morgan fingerprint density at radius 1 is 1.21 bits per heavy atom. The van der Waals surface area contributed by atoms with E-state index in [1.165, 1.54) is 0 Å². The van der Waals surface area contributed by atoms with E-state index in [1.807, 2.05) is 20.8 Å². The van der Waals surface area contributed by atoms with Gasteiger partial charge in [0, 0.05) is 22.8 Å². The van der Waals surface area contributed by atoms with E-state index in [-0.39, 0.29) is 23.3 Å². The van der Waals surface area contributed by atoms with Crippen molar-refractivity contribution in [2.75, 3.05) is 0 Å². The van der Waals surface area contributed by atoms with Gasteiger partial charge in [0.15, 0.2) is 0 Å². The summed E-state index contributed by atoms with van der Waals surface area (Å²) in [5.41, 5.74) is 0.185. The van der Waals surface area contributed by atoms with Gasteiger partial charge in [0.1, 0.15) is 11.5 Å². The number of phenols is 2. The van der Waals surface area contributed by atoms with Crippen LogP contribution in [0.1, 0.15) is 64.0 Å². The maximum Gasteiger partial charge on any atom is 0.257 e. The summed E-state index contributed by atoms with van der Waals surface area (Å²) in [5, 5.41) is 21.1.